The zero-order chi connectivity index (χ0) is 24.8. The number of nitrogens with two attached hydrogens (primary N) is 1. The third-order valence-electron chi connectivity index (χ3n) is 5.47. The fourth-order valence-corrected chi connectivity index (χ4v) is 3.93. The third-order valence-corrected chi connectivity index (χ3v) is 5.47. The summed E-state index contributed by atoms with van der Waals surface area (Å²) in [5.74, 6) is 0.955. The lowest BCUT2D eigenvalue weighted by atomic mass is 9.83. The van der Waals surface area contributed by atoms with Gasteiger partial charge in [-0.3, -0.25) is 0 Å². The molecule has 2 N–H and O–H groups in total. The number of nitriles is 1. The minimum atomic E-state index is -0.529. The van der Waals surface area contributed by atoms with Crippen molar-refractivity contribution >= 4 is 5.97 Å². The van der Waals surface area contributed by atoms with Crippen LogP contribution in [0.2, 0.25) is 0 Å². The lowest BCUT2D eigenvalue weighted by Gasteiger charge is -2.28. The molecule has 0 fully saturated rings. The highest BCUT2D eigenvalue weighted by molar-refractivity contribution is 5.91. The summed E-state index contributed by atoms with van der Waals surface area (Å²) in [6, 6.07) is 21.6. The summed E-state index contributed by atoms with van der Waals surface area (Å²) in [5, 5.41) is 9.86. The Morgan fingerprint density at radius 2 is 1.83 bits per heavy atom. The molecule has 0 bridgehead atoms. The van der Waals surface area contributed by atoms with Crippen molar-refractivity contribution in [3.05, 3.63) is 94.9 Å². The van der Waals surface area contributed by atoms with Gasteiger partial charge in [0.25, 0.3) is 0 Å². The standard InChI is InChI=1S/C28H26N2O5/c1-3-14-33-24-11-6-5-10-21(24)26-22-13-12-20(16-25(22)35-27(30)23(26)17-29)34-28(31)18-8-7-9-19(15-18)32-4-2/h5-13,15-16,26H,3-4,14,30H2,1-2H3. The molecule has 0 aliphatic carbocycles. The van der Waals surface area contributed by atoms with E-state index in [-0.39, 0.29) is 11.6 Å². The van der Waals surface area contributed by atoms with Crippen LogP contribution in [0.4, 0.5) is 0 Å². The largest absolute Gasteiger partial charge is 0.494 e. The van der Waals surface area contributed by atoms with Crippen LogP contribution in [0.3, 0.4) is 0 Å². The number of benzene rings is 3. The number of ether oxygens (including phenoxy) is 4. The van der Waals surface area contributed by atoms with Crippen molar-refractivity contribution in [2.75, 3.05) is 13.2 Å². The SMILES string of the molecule is CCCOc1ccccc1C1C(C#N)=C(N)Oc2cc(OC(=O)c3cccc(OCC)c3)ccc21. The van der Waals surface area contributed by atoms with E-state index in [4.69, 9.17) is 24.7 Å². The van der Waals surface area contributed by atoms with E-state index in [1.807, 2.05) is 38.1 Å². The predicted molar refractivity (Wildman–Crippen MR) is 131 cm³/mol. The maximum absolute atomic E-state index is 12.7. The van der Waals surface area contributed by atoms with E-state index in [1.165, 1.54) is 0 Å². The smallest absolute Gasteiger partial charge is 0.343 e. The van der Waals surface area contributed by atoms with E-state index in [9.17, 15) is 10.1 Å². The van der Waals surface area contributed by atoms with Gasteiger partial charge in [-0.25, -0.2) is 4.79 Å². The summed E-state index contributed by atoms with van der Waals surface area (Å²) in [6.45, 7) is 4.94. The third kappa shape index (κ3) is 5.07. The molecule has 1 heterocycles. The molecule has 178 valence electrons. The number of hydrogen-bond donors (Lipinski definition) is 1. The van der Waals surface area contributed by atoms with E-state index in [1.54, 1.807) is 42.5 Å². The Balaban J connectivity index is 1.67. The summed E-state index contributed by atoms with van der Waals surface area (Å²) in [4.78, 5) is 12.7. The highest BCUT2D eigenvalue weighted by atomic mass is 16.5. The zero-order valence-electron chi connectivity index (χ0n) is 19.6. The molecule has 7 heteroatoms. The normalized spacial score (nSPS) is 14.4. The van der Waals surface area contributed by atoms with Crippen molar-refractivity contribution in [3.63, 3.8) is 0 Å². The van der Waals surface area contributed by atoms with Crippen LogP contribution < -0.4 is 24.7 Å². The fourth-order valence-electron chi connectivity index (χ4n) is 3.93. The quantitative estimate of drug-likeness (QED) is 0.351. The van der Waals surface area contributed by atoms with Crippen molar-refractivity contribution in [1.82, 2.24) is 0 Å². The fraction of sp³-hybridized carbons (Fsp3) is 0.214. The van der Waals surface area contributed by atoms with Crippen molar-refractivity contribution < 1.29 is 23.7 Å². The lowest BCUT2D eigenvalue weighted by molar-refractivity contribution is 0.0734. The van der Waals surface area contributed by atoms with Gasteiger partial charge in [-0.2, -0.15) is 5.26 Å². The first kappa shape index (κ1) is 23.7. The molecule has 0 saturated carbocycles. The molecule has 0 saturated heterocycles. The van der Waals surface area contributed by atoms with Gasteiger partial charge < -0.3 is 24.7 Å². The number of nitrogens with zero attached hydrogens (tertiary/aromatic N) is 1. The van der Waals surface area contributed by atoms with Gasteiger partial charge in [-0.05, 0) is 43.7 Å². The van der Waals surface area contributed by atoms with Gasteiger partial charge >= 0.3 is 5.97 Å². The van der Waals surface area contributed by atoms with Crippen LogP contribution in [-0.2, 0) is 0 Å². The molecule has 0 radical (unpaired) electrons. The molecule has 0 spiro atoms. The van der Waals surface area contributed by atoms with Crippen LogP contribution in [0, 0.1) is 11.3 Å². The van der Waals surface area contributed by atoms with Crippen LogP contribution in [0.25, 0.3) is 0 Å². The number of hydrogen-bond acceptors (Lipinski definition) is 7. The van der Waals surface area contributed by atoms with Gasteiger partial charge in [0.1, 0.15) is 34.6 Å². The van der Waals surface area contributed by atoms with Crippen LogP contribution in [0.5, 0.6) is 23.0 Å². The van der Waals surface area contributed by atoms with Crippen LogP contribution >= 0.6 is 0 Å². The number of allylic oxidation sites excluding steroid dienone is 1. The molecule has 1 atom stereocenters. The second-order valence-electron chi connectivity index (χ2n) is 7.86. The van der Waals surface area contributed by atoms with Crippen LogP contribution in [0.1, 0.15) is 47.7 Å². The van der Waals surface area contributed by atoms with E-state index >= 15 is 0 Å². The molecular formula is C28H26N2O5. The molecular weight excluding hydrogens is 444 g/mol. The summed E-state index contributed by atoms with van der Waals surface area (Å²) in [5.41, 5.74) is 8.33. The second-order valence-corrected chi connectivity index (χ2v) is 7.86. The highest BCUT2D eigenvalue weighted by Gasteiger charge is 2.33. The maximum atomic E-state index is 12.7. The molecule has 1 aliphatic heterocycles. The first-order valence-corrected chi connectivity index (χ1v) is 11.4. The first-order chi connectivity index (χ1) is 17.0. The molecule has 1 unspecified atom stereocenters. The number of para-hydroxylation sites is 1. The van der Waals surface area contributed by atoms with Crippen molar-refractivity contribution in [2.24, 2.45) is 5.73 Å². The Kier molecular flexibility index (Phi) is 7.22. The van der Waals surface area contributed by atoms with Crippen LogP contribution in [0.15, 0.2) is 78.2 Å². The van der Waals surface area contributed by atoms with Gasteiger partial charge in [0, 0.05) is 17.2 Å². The predicted octanol–water partition coefficient (Wildman–Crippen LogP) is 5.31. The second kappa shape index (κ2) is 10.7. The Morgan fingerprint density at radius 3 is 2.60 bits per heavy atom. The minimum Gasteiger partial charge on any atom is -0.494 e. The molecule has 4 rings (SSSR count). The average molecular weight is 471 g/mol. The Hall–Kier alpha value is -4.44. The summed E-state index contributed by atoms with van der Waals surface area (Å²) in [6.07, 6.45) is 0.851. The summed E-state index contributed by atoms with van der Waals surface area (Å²) >= 11 is 0. The van der Waals surface area contributed by atoms with Gasteiger partial charge in [0.15, 0.2) is 0 Å². The molecule has 0 amide bonds. The zero-order valence-corrected chi connectivity index (χ0v) is 19.6. The molecule has 7 nitrogen and oxygen atoms in total. The number of fused-ring (bicyclic) bond motifs is 1. The summed E-state index contributed by atoms with van der Waals surface area (Å²) in [7, 11) is 0. The molecule has 3 aromatic rings. The van der Waals surface area contributed by atoms with Gasteiger partial charge in [0.2, 0.25) is 5.88 Å². The van der Waals surface area contributed by atoms with Gasteiger partial charge in [-0.15, -0.1) is 0 Å². The topological polar surface area (TPSA) is 104 Å². The Bertz CT molecular complexity index is 1310. The van der Waals surface area contributed by atoms with Crippen molar-refractivity contribution in [2.45, 2.75) is 26.2 Å². The molecule has 0 aromatic heterocycles. The Labute approximate surface area is 204 Å². The number of esters is 1. The van der Waals surface area contributed by atoms with E-state index in [2.05, 4.69) is 6.07 Å². The average Bonchev–Trinajstić information content (AvgIpc) is 2.87. The van der Waals surface area contributed by atoms with Crippen LogP contribution in [-0.4, -0.2) is 19.2 Å². The van der Waals surface area contributed by atoms with Crippen molar-refractivity contribution in [1.29, 1.82) is 5.26 Å². The van der Waals surface area contributed by atoms with E-state index in [0.717, 1.165) is 17.5 Å². The van der Waals surface area contributed by atoms with E-state index < -0.39 is 11.9 Å². The summed E-state index contributed by atoms with van der Waals surface area (Å²) < 4.78 is 22.8. The molecule has 1 aliphatic rings. The van der Waals surface area contributed by atoms with Crippen molar-refractivity contribution in [3.8, 4) is 29.1 Å². The highest BCUT2D eigenvalue weighted by Crippen LogP contribution is 2.45. The lowest BCUT2D eigenvalue weighted by Crippen LogP contribution is -2.21. The maximum Gasteiger partial charge on any atom is 0.343 e. The molecule has 3 aromatic carbocycles. The van der Waals surface area contributed by atoms with Gasteiger partial charge in [0.05, 0.1) is 24.7 Å². The number of rotatable bonds is 8. The number of carbonyl (C=O) groups excluding carboxylic acids is 1. The Morgan fingerprint density at radius 1 is 1.00 bits per heavy atom. The van der Waals surface area contributed by atoms with E-state index in [0.29, 0.717) is 41.6 Å². The monoisotopic (exact) mass is 470 g/mol. The molecule has 35 heavy (non-hydrogen) atoms. The number of carbonyl (C=O) groups is 1. The van der Waals surface area contributed by atoms with Gasteiger partial charge in [-0.1, -0.05) is 37.3 Å². The minimum absolute atomic E-state index is 0.00295. The first-order valence-electron chi connectivity index (χ1n) is 11.4.